The number of hydrogen-bond acceptors (Lipinski definition) is 5. The molecule has 0 saturated heterocycles. The van der Waals surface area contributed by atoms with E-state index in [0.29, 0.717) is 11.9 Å². The number of unbranched alkanes of at least 4 members (excludes halogenated alkanes) is 1. The first kappa shape index (κ1) is 14.7. The molecule has 0 aliphatic heterocycles. The first-order valence-corrected chi connectivity index (χ1v) is 7.18. The molecule has 2 aromatic heterocycles. The van der Waals surface area contributed by atoms with Gasteiger partial charge in [-0.2, -0.15) is 20.1 Å². The molecule has 0 radical (unpaired) electrons. The lowest BCUT2D eigenvalue weighted by Gasteiger charge is -2.07. The van der Waals surface area contributed by atoms with Crippen LogP contribution in [-0.4, -0.2) is 31.3 Å². The Bertz CT molecular complexity index is 526. The lowest BCUT2D eigenvalue weighted by atomic mass is 10.1. The molecule has 0 amide bonds. The third-order valence-electron chi connectivity index (χ3n) is 2.80. The van der Waals surface area contributed by atoms with Gasteiger partial charge in [0.15, 0.2) is 0 Å². The van der Waals surface area contributed by atoms with Crippen LogP contribution in [0.1, 0.15) is 33.1 Å². The molecule has 0 unspecified atom stereocenters. The van der Waals surface area contributed by atoms with Gasteiger partial charge in [0, 0.05) is 18.9 Å². The predicted molar refractivity (Wildman–Crippen MR) is 79.1 cm³/mol. The Hall–Kier alpha value is -1.69. The van der Waals surface area contributed by atoms with Crippen molar-refractivity contribution in [2.45, 2.75) is 33.1 Å². The Morgan fingerprint density at radius 1 is 1.25 bits per heavy atom. The fourth-order valence-corrected chi connectivity index (χ4v) is 1.94. The molecule has 2 rings (SSSR count). The minimum Gasteiger partial charge on any atom is -0.354 e. The average molecular weight is 295 g/mol. The Kier molecular flexibility index (Phi) is 5.29. The van der Waals surface area contributed by atoms with Crippen LogP contribution in [0.25, 0.3) is 5.95 Å². The number of hydrogen-bond donors (Lipinski definition) is 1. The van der Waals surface area contributed by atoms with Crippen LogP contribution in [-0.2, 0) is 0 Å². The zero-order valence-electron chi connectivity index (χ0n) is 11.8. The third kappa shape index (κ3) is 4.45. The molecule has 0 fully saturated rings. The van der Waals surface area contributed by atoms with Crippen LogP contribution in [0.4, 0.5) is 5.95 Å². The lowest BCUT2D eigenvalue weighted by molar-refractivity contribution is 0.544. The summed E-state index contributed by atoms with van der Waals surface area (Å²) in [6.45, 7) is 5.29. The number of rotatable bonds is 7. The van der Waals surface area contributed by atoms with Gasteiger partial charge >= 0.3 is 0 Å². The van der Waals surface area contributed by atoms with Crippen molar-refractivity contribution in [3.63, 3.8) is 0 Å². The van der Waals surface area contributed by atoms with E-state index in [1.54, 1.807) is 23.1 Å². The van der Waals surface area contributed by atoms with Gasteiger partial charge in [0.05, 0.1) is 0 Å². The molecule has 0 aromatic carbocycles. The van der Waals surface area contributed by atoms with Crippen LogP contribution in [0.3, 0.4) is 0 Å². The minimum absolute atomic E-state index is 0.162. The lowest BCUT2D eigenvalue weighted by Crippen LogP contribution is -2.10. The van der Waals surface area contributed by atoms with Crippen LogP contribution in [0, 0.1) is 5.92 Å². The third-order valence-corrected chi connectivity index (χ3v) is 2.97. The molecule has 108 valence electrons. The molecule has 0 saturated carbocycles. The van der Waals surface area contributed by atoms with Gasteiger partial charge in [-0.1, -0.05) is 26.7 Å². The molecular weight excluding hydrogens is 276 g/mol. The Balaban J connectivity index is 1.92. The highest BCUT2D eigenvalue weighted by Gasteiger charge is 2.06. The summed E-state index contributed by atoms with van der Waals surface area (Å²) >= 11 is 5.91. The molecule has 6 nitrogen and oxygen atoms in total. The zero-order chi connectivity index (χ0) is 14.4. The van der Waals surface area contributed by atoms with E-state index < -0.39 is 0 Å². The van der Waals surface area contributed by atoms with E-state index in [4.69, 9.17) is 11.6 Å². The molecular formula is C13H19ClN6. The number of halogens is 1. The number of nitrogens with zero attached hydrogens (tertiary/aromatic N) is 5. The van der Waals surface area contributed by atoms with Crippen molar-refractivity contribution in [3.05, 3.63) is 23.7 Å². The fourth-order valence-electron chi connectivity index (χ4n) is 1.79. The smallest absolute Gasteiger partial charge is 0.256 e. The Morgan fingerprint density at radius 3 is 2.80 bits per heavy atom. The second kappa shape index (κ2) is 7.19. The van der Waals surface area contributed by atoms with Crippen molar-refractivity contribution in [1.29, 1.82) is 0 Å². The summed E-state index contributed by atoms with van der Waals surface area (Å²) in [5.41, 5.74) is 0. The highest BCUT2D eigenvalue weighted by Crippen LogP contribution is 2.10. The molecule has 7 heteroatoms. The fraction of sp³-hybridized carbons (Fsp3) is 0.538. The highest BCUT2D eigenvalue weighted by molar-refractivity contribution is 6.28. The molecule has 20 heavy (non-hydrogen) atoms. The van der Waals surface area contributed by atoms with Crippen molar-refractivity contribution in [2.75, 3.05) is 11.9 Å². The number of aromatic nitrogens is 5. The summed E-state index contributed by atoms with van der Waals surface area (Å²) in [6, 6.07) is 1.80. The van der Waals surface area contributed by atoms with Crippen LogP contribution in [0.2, 0.25) is 5.28 Å². The van der Waals surface area contributed by atoms with Crippen molar-refractivity contribution in [1.82, 2.24) is 24.7 Å². The van der Waals surface area contributed by atoms with Gasteiger partial charge < -0.3 is 5.32 Å². The van der Waals surface area contributed by atoms with Crippen molar-refractivity contribution in [2.24, 2.45) is 5.92 Å². The first-order chi connectivity index (χ1) is 9.65. The van der Waals surface area contributed by atoms with E-state index in [9.17, 15) is 0 Å². The normalized spacial score (nSPS) is 11.0. The van der Waals surface area contributed by atoms with Crippen LogP contribution < -0.4 is 5.32 Å². The van der Waals surface area contributed by atoms with E-state index in [1.807, 2.05) is 0 Å². The van der Waals surface area contributed by atoms with Crippen molar-refractivity contribution >= 4 is 17.5 Å². The quantitative estimate of drug-likeness (QED) is 0.795. The minimum atomic E-state index is 0.162. The van der Waals surface area contributed by atoms with Crippen molar-refractivity contribution < 1.29 is 0 Å². The van der Waals surface area contributed by atoms with Gasteiger partial charge in [0.2, 0.25) is 11.2 Å². The molecule has 2 aromatic rings. The molecule has 0 aliphatic carbocycles. The van der Waals surface area contributed by atoms with E-state index in [2.05, 4.69) is 39.2 Å². The monoisotopic (exact) mass is 294 g/mol. The topological polar surface area (TPSA) is 68.5 Å². The summed E-state index contributed by atoms with van der Waals surface area (Å²) in [5, 5.41) is 7.41. The van der Waals surface area contributed by atoms with Gasteiger partial charge in [0.1, 0.15) is 0 Å². The first-order valence-electron chi connectivity index (χ1n) is 6.80. The summed E-state index contributed by atoms with van der Waals surface area (Å²) in [4.78, 5) is 12.4. The van der Waals surface area contributed by atoms with Gasteiger partial charge in [-0.25, -0.2) is 4.68 Å². The van der Waals surface area contributed by atoms with Gasteiger partial charge in [0.25, 0.3) is 5.95 Å². The van der Waals surface area contributed by atoms with E-state index >= 15 is 0 Å². The highest BCUT2D eigenvalue weighted by atomic mass is 35.5. The Labute approximate surface area is 123 Å². The average Bonchev–Trinajstić information content (AvgIpc) is 2.91. The standard InChI is InChI=1S/C13H19ClN6/c1-10(2)6-3-4-7-15-12-17-11(14)18-13(19-12)20-9-5-8-16-20/h5,8-10H,3-4,6-7H2,1-2H3,(H,15,17,18,19). The molecule has 2 heterocycles. The van der Waals surface area contributed by atoms with Gasteiger partial charge in [-0.3, -0.25) is 0 Å². The molecule has 1 N–H and O–H groups in total. The Morgan fingerprint density at radius 2 is 2.10 bits per heavy atom. The van der Waals surface area contributed by atoms with E-state index in [-0.39, 0.29) is 5.28 Å². The van der Waals surface area contributed by atoms with E-state index in [1.165, 1.54) is 12.8 Å². The number of anilines is 1. The molecule has 0 atom stereocenters. The summed E-state index contributed by atoms with van der Waals surface area (Å²) < 4.78 is 1.55. The second-order valence-corrected chi connectivity index (χ2v) is 5.33. The maximum absolute atomic E-state index is 5.91. The van der Waals surface area contributed by atoms with E-state index in [0.717, 1.165) is 18.9 Å². The summed E-state index contributed by atoms with van der Waals surface area (Å²) in [6.07, 6.45) is 6.93. The maximum Gasteiger partial charge on any atom is 0.256 e. The molecule has 0 bridgehead atoms. The van der Waals surface area contributed by atoms with Gasteiger partial charge in [-0.15, -0.1) is 0 Å². The van der Waals surface area contributed by atoms with Crippen LogP contribution in [0.5, 0.6) is 0 Å². The SMILES string of the molecule is CC(C)CCCCNc1nc(Cl)nc(-n2cccn2)n1. The summed E-state index contributed by atoms with van der Waals surface area (Å²) in [5.74, 6) is 1.65. The van der Waals surface area contributed by atoms with Crippen LogP contribution in [0.15, 0.2) is 18.5 Å². The largest absolute Gasteiger partial charge is 0.354 e. The zero-order valence-corrected chi connectivity index (χ0v) is 12.5. The summed E-state index contributed by atoms with van der Waals surface area (Å²) in [7, 11) is 0. The predicted octanol–water partition coefficient (Wildman–Crippen LogP) is 2.95. The number of nitrogens with one attached hydrogen (secondary N) is 1. The second-order valence-electron chi connectivity index (χ2n) is 5.00. The van der Waals surface area contributed by atoms with Crippen molar-refractivity contribution in [3.8, 4) is 5.95 Å². The van der Waals surface area contributed by atoms with Crippen LogP contribution >= 0.6 is 11.6 Å². The maximum atomic E-state index is 5.91. The van der Waals surface area contributed by atoms with Gasteiger partial charge in [-0.05, 0) is 30.0 Å². The molecule has 0 spiro atoms. The molecule has 0 aliphatic rings.